The summed E-state index contributed by atoms with van der Waals surface area (Å²) in [5, 5.41) is 7.21. The van der Waals surface area contributed by atoms with E-state index in [0.29, 0.717) is 24.1 Å². The Morgan fingerprint density at radius 3 is 2.83 bits per heavy atom. The average molecular weight is 436 g/mol. The summed E-state index contributed by atoms with van der Waals surface area (Å²) in [5.41, 5.74) is 0.196. The summed E-state index contributed by atoms with van der Waals surface area (Å²) in [6, 6.07) is 1.12. The van der Waals surface area contributed by atoms with Crippen LogP contribution in [0.3, 0.4) is 0 Å². The van der Waals surface area contributed by atoms with Crippen LogP contribution in [0.4, 0.5) is 0 Å². The van der Waals surface area contributed by atoms with Crippen molar-refractivity contribution in [1.29, 1.82) is 0 Å². The van der Waals surface area contributed by atoms with Gasteiger partial charge in [-0.25, -0.2) is 0 Å². The van der Waals surface area contributed by atoms with Crippen LogP contribution in [0.25, 0.3) is 0 Å². The van der Waals surface area contributed by atoms with Crippen LogP contribution in [0.2, 0.25) is 0 Å². The van der Waals surface area contributed by atoms with Gasteiger partial charge in [-0.15, -0.1) is 24.0 Å². The predicted molar refractivity (Wildman–Crippen MR) is 106 cm³/mol. The third kappa shape index (κ3) is 3.63. The minimum atomic E-state index is 0. The number of aliphatic imine (C=N–C) groups is 1. The van der Waals surface area contributed by atoms with Crippen LogP contribution in [0.5, 0.6) is 0 Å². The van der Waals surface area contributed by atoms with Crippen molar-refractivity contribution >= 4 is 29.9 Å². The highest BCUT2D eigenvalue weighted by atomic mass is 127. The second kappa shape index (κ2) is 7.87. The van der Waals surface area contributed by atoms with Crippen LogP contribution in [-0.4, -0.2) is 62.3 Å². The molecule has 3 aliphatic rings. The number of hydrogen-bond acceptors (Lipinski definition) is 3. The van der Waals surface area contributed by atoms with Crippen molar-refractivity contribution in [3.8, 4) is 0 Å². The van der Waals surface area contributed by atoms with Gasteiger partial charge in [-0.1, -0.05) is 20.8 Å². The lowest BCUT2D eigenvalue weighted by atomic mass is 9.57. The first kappa shape index (κ1) is 19.2. The Kier molecular flexibility index (Phi) is 6.58. The van der Waals surface area contributed by atoms with E-state index in [2.05, 4.69) is 41.3 Å². The molecule has 0 bridgehead atoms. The fourth-order valence-electron chi connectivity index (χ4n) is 4.72. The lowest BCUT2D eigenvalue weighted by Gasteiger charge is -2.55. The van der Waals surface area contributed by atoms with E-state index in [1.54, 1.807) is 0 Å². The number of nitrogens with zero attached hydrogens (tertiary/aromatic N) is 2. The summed E-state index contributed by atoms with van der Waals surface area (Å²) in [5.74, 6) is 1.60. The van der Waals surface area contributed by atoms with Crippen molar-refractivity contribution in [2.75, 3.05) is 33.3 Å². The number of nitrogens with one attached hydrogen (secondary N) is 2. The number of hydrogen-bond donors (Lipinski definition) is 2. The Balaban J connectivity index is 0.00000192. The first-order chi connectivity index (χ1) is 10.6. The molecule has 5 nitrogen and oxygen atoms in total. The summed E-state index contributed by atoms with van der Waals surface area (Å²) in [4.78, 5) is 7.00. The van der Waals surface area contributed by atoms with Gasteiger partial charge in [0.15, 0.2) is 5.96 Å². The molecule has 1 aliphatic carbocycles. The van der Waals surface area contributed by atoms with Gasteiger partial charge in [0.2, 0.25) is 0 Å². The molecule has 2 saturated heterocycles. The van der Waals surface area contributed by atoms with Gasteiger partial charge in [0.1, 0.15) is 0 Å². The maximum atomic E-state index is 5.88. The molecular formula is C17H33IN4O. The van der Waals surface area contributed by atoms with Crippen LogP contribution >= 0.6 is 24.0 Å². The molecule has 2 heterocycles. The third-order valence-corrected chi connectivity index (χ3v) is 6.03. The van der Waals surface area contributed by atoms with Crippen molar-refractivity contribution in [2.45, 2.75) is 58.2 Å². The van der Waals surface area contributed by atoms with Crippen molar-refractivity contribution < 1.29 is 4.74 Å². The molecule has 0 aromatic rings. The highest BCUT2D eigenvalue weighted by Crippen LogP contribution is 2.52. The summed E-state index contributed by atoms with van der Waals surface area (Å²) < 4.78 is 5.88. The van der Waals surface area contributed by atoms with E-state index < -0.39 is 0 Å². The smallest absolute Gasteiger partial charge is 0.191 e. The van der Waals surface area contributed by atoms with Crippen LogP contribution < -0.4 is 10.6 Å². The van der Waals surface area contributed by atoms with Gasteiger partial charge in [-0.2, -0.15) is 0 Å². The first-order valence-electron chi connectivity index (χ1n) is 8.90. The number of guanidine groups is 1. The molecule has 0 radical (unpaired) electrons. The lowest BCUT2D eigenvalue weighted by Crippen LogP contribution is -2.68. The van der Waals surface area contributed by atoms with E-state index >= 15 is 0 Å². The maximum Gasteiger partial charge on any atom is 0.191 e. The van der Waals surface area contributed by atoms with E-state index in [4.69, 9.17) is 4.74 Å². The van der Waals surface area contributed by atoms with Gasteiger partial charge in [0, 0.05) is 43.6 Å². The van der Waals surface area contributed by atoms with Gasteiger partial charge in [-0.05, 0) is 32.4 Å². The molecule has 23 heavy (non-hydrogen) atoms. The van der Waals surface area contributed by atoms with Crippen molar-refractivity contribution in [1.82, 2.24) is 15.5 Å². The number of halogens is 1. The molecule has 0 spiro atoms. The number of rotatable bonds is 4. The molecule has 1 saturated carbocycles. The molecule has 2 aliphatic heterocycles. The minimum Gasteiger partial charge on any atom is -0.377 e. The third-order valence-electron chi connectivity index (χ3n) is 6.03. The zero-order valence-corrected chi connectivity index (χ0v) is 17.3. The second-order valence-corrected chi connectivity index (χ2v) is 7.57. The molecule has 0 aromatic heterocycles. The zero-order chi connectivity index (χ0) is 15.7. The van der Waals surface area contributed by atoms with Gasteiger partial charge in [-0.3, -0.25) is 9.89 Å². The zero-order valence-electron chi connectivity index (χ0n) is 15.0. The Morgan fingerprint density at radius 1 is 1.35 bits per heavy atom. The lowest BCUT2D eigenvalue weighted by molar-refractivity contribution is -0.106. The summed E-state index contributed by atoms with van der Waals surface area (Å²) >= 11 is 0. The normalized spacial score (nSPS) is 36.1. The molecule has 0 amide bonds. The summed E-state index contributed by atoms with van der Waals surface area (Å²) in [6.07, 6.45) is 4.22. The second-order valence-electron chi connectivity index (χ2n) is 7.57. The molecule has 4 unspecified atom stereocenters. The van der Waals surface area contributed by atoms with E-state index in [9.17, 15) is 0 Å². The average Bonchev–Trinajstić information content (AvgIpc) is 3.14. The van der Waals surface area contributed by atoms with E-state index in [1.807, 2.05) is 7.05 Å². The van der Waals surface area contributed by atoms with E-state index in [0.717, 1.165) is 25.7 Å². The van der Waals surface area contributed by atoms with E-state index in [1.165, 1.54) is 25.8 Å². The van der Waals surface area contributed by atoms with Gasteiger partial charge in [0.25, 0.3) is 0 Å². The highest BCUT2D eigenvalue weighted by Gasteiger charge is 2.59. The first-order valence-corrected chi connectivity index (χ1v) is 8.90. The number of ether oxygens (including phenoxy) is 1. The Hall–Kier alpha value is -0.0800. The van der Waals surface area contributed by atoms with Gasteiger partial charge < -0.3 is 15.4 Å². The van der Waals surface area contributed by atoms with Crippen LogP contribution in [-0.2, 0) is 4.74 Å². The van der Waals surface area contributed by atoms with Crippen molar-refractivity contribution in [3.05, 3.63) is 0 Å². The summed E-state index contributed by atoms with van der Waals surface area (Å²) in [7, 11) is 1.87. The van der Waals surface area contributed by atoms with Gasteiger partial charge >= 0.3 is 0 Å². The highest BCUT2D eigenvalue weighted by molar-refractivity contribution is 14.0. The number of likely N-dealkylation sites (tertiary alicyclic amines) is 1. The van der Waals surface area contributed by atoms with Crippen LogP contribution in [0.1, 0.15) is 40.0 Å². The predicted octanol–water partition coefficient (Wildman–Crippen LogP) is 2.07. The van der Waals surface area contributed by atoms with Crippen molar-refractivity contribution in [2.24, 2.45) is 16.3 Å². The topological polar surface area (TPSA) is 48.9 Å². The molecule has 3 fully saturated rings. The fourth-order valence-corrected chi connectivity index (χ4v) is 4.72. The number of likely N-dealkylation sites (N-methyl/N-ethyl adjacent to an activating group) is 1. The molecule has 4 atom stereocenters. The van der Waals surface area contributed by atoms with Crippen LogP contribution in [0.15, 0.2) is 4.99 Å². The molecule has 134 valence electrons. The molecular weight excluding hydrogens is 403 g/mol. The van der Waals surface area contributed by atoms with Crippen LogP contribution in [0, 0.1) is 11.3 Å². The Bertz CT molecular complexity index is 429. The largest absolute Gasteiger partial charge is 0.377 e. The SMILES string of the molecule is CCN1CCCC1CNC(=NC)NC1C2CCOC2C1(C)C.I. The van der Waals surface area contributed by atoms with Gasteiger partial charge in [0.05, 0.1) is 6.10 Å². The van der Waals surface area contributed by atoms with E-state index in [-0.39, 0.29) is 29.4 Å². The van der Waals surface area contributed by atoms with Crippen molar-refractivity contribution in [3.63, 3.8) is 0 Å². The quantitative estimate of drug-likeness (QED) is 0.403. The monoisotopic (exact) mass is 436 g/mol. The molecule has 2 N–H and O–H groups in total. The fraction of sp³-hybridized carbons (Fsp3) is 0.941. The molecule has 6 heteroatoms. The standard InChI is InChI=1S/C17H32N4O.HI/c1-5-21-9-6-7-12(21)11-19-16(18-4)20-14-13-8-10-22-15(13)17(14,2)3;/h12-15H,5-11H2,1-4H3,(H2,18,19,20);1H. The Labute approximate surface area is 158 Å². The molecule has 0 aromatic carbocycles. The Morgan fingerprint density at radius 2 is 2.13 bits per heavy atom. The molecule has 3 rings (SSSR count). The summed E-state index contributed by atoms with van der Waals surface area (Å²) in [6.45, 7) is 11.2. The number of fused-ring (bicyclic) bond motifs is 1. The minimum absolute atomic E-state index is 0. The maximum absolute atomic E-state index is 5.88.